The van der Waals surface area contributed by atoms with E-state index >= 15 is 0 Å². The van der Waals surface area contributed by atoms with Crippen LogP contribution in [-0.4, -0.2) is 54.5 Å². The highest BCUT2D eigenvalue weighted by Gasteiger charge is 2.41. The Morgan fingerprint density at radius 3 is 2.51 bits per heavy atom. The molecule has 6 nitrogen and oxygen atoms in total. The Morgan fingerprint density at radius 1 is 1.14 bits per heavy atom. The van der Waals surface area contributed by atoms with Crippen LogP contribution in [0.3, 0.4) is 0 Å². The molecular weight excluding hydrogens is 508 g/mol. The summed E-state index contributed by atoms with van der Waals surface area (Å²) in [6.07, 6.45) is -10.2. The Balaban J connectivity index is 1.40. The summed E-state index contributed by atoms with van der Waals surface area (Å²) < 4.78 is 94.5. The average Bonchev–Trinajstić information content (AvgIpc) is 2.78. The molecule has 0 saturated carbocycles. The van der Waals surface area contributed by atoms with Gasteiger partial charge in [-0.2, -0.15) is 26.3 Å². The molecule has 0 spiro atoms. The summed E-state index contributed by atoms with van der Waals surface area (Å²) in [5.41, 5.74) is 0.526. The molecule has 2 heterocycles. The van der Waals surface area contributed by atoms with Crippen molar-refractivity contribution in [3.63, 3.8) is 0 Å². The minimum atomic E-state index is -4.93. The summed E-state index contributed by atoms with van der Waals surface area (Å²) in [4.78, 5) is 12.9. The third kappa shape index (κ3) is 6.48. The Kier molecular flexibility index (Phi) is 7.31. The lowest BCUT2D eigenvalue weighted by molar-refractivity contribution is -0.191. The van der Waals surface area contributed by atoms with Gasteiger partial charge in [0.05, 0.1) is 11.5 Å². The highest BCUT2D eigenvalue weighted by Crippen LogP contribution is 2.39. The molecule has 1 saturated heterocycles. The summed E-state index contributed by atoms with van der Waals surface area (Å²) in [5, 5.41) is 8.98. The number of nitrogens with zero attached hydrogens (tertiary/aromatic N) is 1. The topological polar surface area (TPSA) is 68.2 Å². The van der Waals surface area contributed by atoms with Crippen molar-refractivity contribution in [2.24, 2.45) is 5.92 Å². The Morgan fingerprint density at radius 2 is 1.86 bits per heavy atom. The van der Waals surface area contributed by atoms with E-state index in [1.807, 2.05) is 11.0 Å². The molecule has 0 radical (unpaired) electrons. The van der Waals surface area contributed by atoms with Gasteiger partial charge in [0.2, 0.25) is 0 Å². The molecule has 2 aliphatic heterocycles. The van der Waals surface area contributed by atoms with Gasteiger partial charge in [0.25, 0.3) is 0 Å². The number of carboxylic acid groups (broad SMARTS) is 1. The summed E-state index contributed by atoms with van der Waals surface area (Å²) in [6, 6.07) is 7.72. The lowest BCUT2D eigenvalue weighted by Gasteiger charge is -2.37. The van der Waals surface area contributed by atoms with Gasteiger partial charge < -0.3 is 19.3 Å². The molecule has 1 atom stereocenters. The van der Waals surface area contributed by atoms with Gasteiger partial charge in [-0.1, -0.05) is 6.07 Å². The third-order valence-corrected chi connectivity index (χ3v) is 6.01. The predicted molar refractivity (Wildman–Crippen MR) is 119 cm³/mol. The Bertz CT molecular complexity index is 1190. The van der Waals surface area contributed by atoms with E-state index in [4.69, 9.17) is 14.6 Å². The van der Waals surface area contributed by atoms with Crippen LogP contribution in [0.1, 0.15) is 23.6 Å². The molecule has 12 heteroatoms. The zero-order valence-electron chi connectivity index (χ0n) is 19.5. The first-order valence-electron chi connectivity index (χ1n) is 11.3. The number of carboxylic acids is 1. The minimum Gasteiger partial charge on any atom is -0.489 e. The monoisotopic (exact) mass is 531 g/mol. The second-order valence-corrected chi connectivity index (χ2v) is 8.94. The number of ether oxygens (including phenoxy) is 3. The van der Waals surface area contributed by atoms with Crippen molar-refractivity contribution in [3.8, 4) is 17.2 Å². The quantitative estimate of drug-likeness (QED) is 0.460. The van der Waals surface area contributed by atoms with Crippen molar-refractivity contribution in [2.75, 3.05) is 26.2 Å². The van der Waals surface area contributed by atoms with E-state index in [1.54, 1.807) is 18.2 Å². The van der Waals surface area contributed by atoms with E-state index in [0.717, 1.165) is 17.2 Å². The number of aliphatic carboxylic acids is 1. The lowest BCUT2D eigenvalue weighted by atomic mass is 9.98. The molecule has 2 aliphatic rings. The highest BCUT2D eigenvalue weighted by molar-refractivity contribution is 5.71. The molecule has 1 N–H and O–H groups in total. The summed E-state index contributed by atoms with van der Waals surface area (Å²) in [7, 11) is 0. The van der Waals surface area contributed by atoms with Crippen LogP contribution in [0.15, 0.2) is 42.0 Å². The number of halogens is 6. The van der Waals surface area contributed by atoms with E-state index in [9.17, 15) is 31.1 Å². The predicted octanol–water partition coefficient (Wildman–Crippen LogP) is 5.41. The van der Waals surface area contributed by atoms with E-state index < -0.39 is 35.7 Å². The van der Waals surface area contributed by atoms with Gasteiger partial charge in [-0.3, -0.25) is 9.69 Å². The van der Waals surface area contributed by atoms with Crippen LogP contribution in [0.5, 0.6) is 17.2 Å². The molecule has 0 aliphatic carbocycles. The maximum atomic E-state index is 13.5. The van der Waals surface area contributed by atoms with E-state index in [-0.39, 0.29) is 18.1 Å². The first-order valence-corrected chi connectivity index (χ1v) is 11.3. The molecule has 4 rings (SSSR count). The van der Waals surface area contributed by atoms with Gasteiger partial charge in [-0.05, 0) is 48.4 Å². The fourth-order valence-electron chi connectivity index (χ4n) is 3.93. The maximum Gasteiger partial charge on any atom is 0.425 e. The van der Waals surface area contributed by atoms with Gasteiger partial charge in [0, 0.05) is 31.3 Å². The number of alkyl halides is 6. The number of likely N-dealkylation sites (tertiary alicyclic amines) is 1. The second-order valence-electron chi connectivity index (χ2n) is 8.94. The minimum absolute atomic E-state index is 0.0920. The third-order valence-electron chi connectivity index (χ3n) is 6.01. The SMILES string of the molecule is CC(Oc1ccc(COc2ccc3c(c2)OCC(CN2CC(C(=O)O)C2)=C3)cc1C(F)(F)F)C(F)(F)F. The number of carbonyl (C=O) groups is 1. The van der Waals surface area contributed by atoms with Crippen LogP contribution in [0.2, 0.25) is 0 Å². The van der Waals surface area contributed by atoms with Crippen LogP contribution in [0.4, 0.5) is 26.3 Å². The number of benzene rings is 2. The smallest absolute Gasteiger partial charge is 0.425 e. The average molecular weight is 531 g/mol. The molecule has 0 aromatic heterocycles. The zero-order valence-corrected chi connectivity index (χ0v) is 19.5. The largest absolute Gasteiger partial charge is 0.489 e. The van der Waals surface area contributed by atoms with Crippen LogP contribution in [0, 0.1) is 5.92 Å². The highest BCUT2D eigenvalue weighted by atomic mass is 19.4. The lowest BCUT2D eigenvalue weighted by Crippen LogP contribution is -2.51. The molecule has 2 aromatic rings. The van der Waals surface area contributed by atoms with Crippen molar-refractivity contribution in [3.05, 3.63) is 58.7 Å². The first-order chi connectivity index (χ1) is 17.3. The molecule has 37 heavy (non-hydrogen) atoms. The molecule has 1 unspecified atom stereocenters. The second kappa shape index (κ2) is 10.2. The summed E-state index contributed by atoms with van der Waals surface area (Å²) in [6.45, 7) is 2.22. The van der Waals surface area contributed by atoms with Crippen molar-refractivity contribution in [2.45, 2.75) is 32.0 Å². The molecular formula is C25H23F6NO5. The summed E-state index contributed by atoms with van der Waals surface area (Å²) in [5.74, 6) is -1.21. The fraction of sp³-hybridized carbons (Fsp3) is 0.400. The van der Waals surface area contributed by atoms with Gasteiger partial charge in [-0.25, -0.2) is 0 Å². The molecule has 200 valence electrons. The Hall–Kier alpha value is -3.41. The molecule has 1 fully saturated rings. The number of fused-ring (bicyclic) bond motifs is 1. The van der Waals surface area contributed by atoms with E-state index in [1.165, 1.54) is 6.07 Å². The maximum absolute atomic E-state index is 13.5. The number of hydrogen-bond donors (Lipinski definition) is 1. The van der Waals surface area contributed by atoms with E-state index in [2.05, 4.69) is 4.74 Å². The van der Waals surface area contributed by atoms with Crippen molar-refractivity contribution < 1.29 is 50.5 Å². The van der Waals surface area contributed by atoms with Gasteiger partial charge in [0.15, 0.2) is 6.10 Å². The number of rotatable bonds is 8. The normalized spacial score (nSPS) is 17.2. The van der Waals surface area contributed by atoms with E-state index in [0.29, 0.717) is 50.7 Å². The van der Waals surface area contributed by atoms with Crippen LogP contribution < -0.4 is 14.2 Å². The Labute approximate surface area is 208 Å². The van der Waals surface area contributed by atoms with Gasteiger partial charge >= 0.3 is 18.3 Å². The van der Waals surface area contributed by atoms with Crippen molar-refractivity contribution >= 4 is 12.0 Å². The van der Waals surface area contributed by atoms with Crippen molar-refractivity contribution in [1.29, 1.82) is 0 Å². The summed E-state index contributed by atoms with van der Waals surface area (Å²) >= 11 is 0. The van der Waals surface area contributed by atoms with Crippen LogP contribution in [-0.2, 0) is 17.6 Å². The van der Waals surface area contributed by atoms with Gasteiger partial charge in [0.1, 0.15) is 30.5 Å². The number of hydrogen-bond acceptors (Lipinski definition) is 5. The standard InChI is InChI=1S/C25H23F6NO5/c1-14(24(26,27)28)37-21-5-2-15(7-20(21)25(29,30)31)12-35-19-4-3-17-6-16(13-36-22(17)8-19)9-32-10-18(11-32)23(33)34/h2-8,14,18H,9-13H2,1H3,(H,33,34). The fourth-order valence-corrected chi connectivity index (χ4v) is 3.93. The van der Waals surface area contributed by atoms with Crippen molar-refractivity contribution in [1.82, 2.24) is 4.90 Å². The van der Waals surface area contributed by atoms with Gasteiger partial charge in [-0.15, -0.1) is 0 Å². The molecule has 0 amide bonds. The zero-order chi connectivity index (χ0) is 27.0. The molecule has 2 aromatic carbocycles. The van der Waals surface area contributed by atoms with Crippen LogP contribution >= 0.6 is 0 Å². The molecule has 0 bridgehead atoms. The van der Waals surface area contributed by atoms with Crippen LogP contribution in [0.25, 0.3) is 6.08 Å². The first kappa shape index (κ1) is 26.6.